The summed E-state index contributed by atoms with van der Waals surface area (Å²) in [4.78, 5) is 0.0767. The molecule has 0 atom stereocenters. The highest BCUT2D eigenvalue weighted by Crippen LogP contribution is 2.22. The summed E-state index contributed by atoms with van der Waals surface area (Å²) in [6, 6.07) is 8.94. The van der Waals surface area contributed by atoms with Crippen LogP contribution < -0.4 is 10.5 Å². The van der Waals surface area contributed by atoms with Crippen LogP contribution in [0.15, 0.2) is 36.4 Å². The fraction of sp³-hybridized carbons (Fsp3) is 0.133. The van der Waals surface area contributed by atoms with E-state index in [1.165, 1.54) is 24.3 Å². The third kappa shape index (κ3) is 3.11. The maximum atomic E-state index is 13.8. The average Bonchev–Trinajstić information content (AvgIpc) is 2.41. The highest BCUT2D eigenvalue weighted by atomic mass is 32.1. The Morgan fingerprint density at radius 1 is 1.25 bits per heavy atom. The summed E-state index contributed by atoms with van der Waals surface area (Å²) in [6.45, 7) is 1.72. The average molecular weight is 293 g/mol. The van der Waals surface area contributed by atoms with Gasteiger partial charge in [0.2, 0.25) is 0 Å². The van der Waals surface area contributed by atoms with Crippen LogP contribution in [0, 0.1) is 18.6 Å². The van der Waals surface area contributed by atoms with Crippen molar-refractivity contribution in [2.75, 3.05) is 0 Å². The van der Waals surface area contributed by atoms with Crippen LogP contribution in [-0.2, 0) is 6.61 Å². The molecule has 0 amide bonds. The van der Waals surface area contributed by atoms with Crippen LogP contribution in [0.3, 0.4) is 0 Å². The van der Waals surface area contributed by atoms with Crippen LogP contribution in [0.5, 0.6) is 5.75 Å². The van der Waals surface area contributed by atoms with Gasteiger partial charge in [0, 0.05) is 5.56 Å². The molecule has 0 bridgehead atoms. The molecule has 2 aromatic carbocycles. The number of nitrogens with two attached hydrogens (primary N) is 1. The number of halogens is 2. The van der Waals surface area contributed by atoms with Gasteiger partial charge in [0.1, 0.15) is 17.4 Å². The number of rotatable bonds is 4. The zero-order chi connectivity index (χ0) is 14.7. The van der Waals surface area contributed by atoms with E-state index in [0.29, 0.717) is 16.7 Å². The van der Waals surface area contributed by atoms with Gasteiger partial charge < -0.3 is 10.5 Å². The Labute approximate surface area is 121 Å². The summed E-state index contributed by atoms with van der Waals surface area (Å²) in [7, 11) is 0. The van der Waals surface area contributed by atoms with Crippen molar-refractivity contribution in [3.05, 3.63) is 64.7 Å². The topological polar surface area (TPSA) is 35.2 Å². The lowest BCUT2D eigenvalue weighted by atomic mass is 10.1. The van der Waals surface area contributed by atoms with Gasteiger partial charge in [0.25, 0.3) is 0 Å². The van der Waals surface area contributed by atoms with E-state index in [0.717, 1.165) is 0 Å². The number of hydrogen-bond donors (Lipinski definition) is 1. The predicted octanol–water partition coefficient (Wildman–Crippen LogP) is 3.49. The van der Waals surface area contributed by atoms with Crippen LogP contribution in [-0.4, -0.2) is 4.99 Å². The molecule has 2 nitrogen and oxygen atoms in total. The van der Waals surface area contributed by atoms with Gasteiger partial charge in [-0.1, -0.05) is 30.4 Å². The van der Waals surface area contributed by atoms with Gasteiger partial charge in [-0.2, -0.15) is 0 Å². The van der Waals surface area contributed by atoms with Gasteiger partial charge in [-0.25, -0.2) is 8.78 Å². The Morgan fingerprint density at radius 2 is 2.00 bits per heavy atom. The van der Waals surface area contributed by atoms with Crippen molar-refractivity contribution < 1.29 is 13.5 Å². The lowest BCUT2D eigenvalue weighted by Gasteiger charge is -2.11. The van der Waals surface area contributed by atoms with E-state index in [9.17, 15) is 8.78 Å². The number of thiocarbonyl (C=S) groups is 1. The quantitative estimate of drug-likeness (QED) is 0.877. The summed E-state index contributed by atoms with van der Waals surface area (Å²) in [5.41, 5.74) is 7.05. The minimum Gasteiger partial charge on any atom is -0.486 e. The Hall–Kier alpha value is -2.01. The molecule has 0 aromatic heterocycles. The normalized spacial score (nSPS) is 10.3. The predicted molar refractivity (Wildman–Crippen MR) is 77.8 cm³/mol. The number of benzene rings is 2. The molecule has 2 N–H and O–H groups in total. The molecular formula is C15H13F2NOS. The molecule has 0 saturated carbocycles. The van der Waals surface area contributed by atoms with Gasteiger partial charge >= 0.3 is 0 Å². The number of aryl methyl sites for hydroxylation is 1. The highest BCUT2D eigenvalue weighted by molar-refractivity contribution is 7.80. The SMILES string of the molecule is Cc1cccc(OCc2ccc(F)cc2C(N)=S)c1F. The van der Waals surface area contributed by atoms with E-state index in [1.807, 2.05) is 0 Å². The molecule has 104 valence electrons. The molecule has 0 aliphatic heterocycles. The molecule has 0 spiro atoms. The first-order valence-electron chi connectivity index (χ1n) is 5.95. The molecule has 0 saturated heterocycles. The molecule has 2 rings (SSSR count). The molecule has 0 heterocycles. The molecule has 0 radical (unpaired) electrons. The minimum atomic E-state index is -0.432. The molecule has 0 unspecified atom stereocenters. The summed E-state index contributed by atoms with van der Waals surface area (Å²) < 4.78 is 32.4. The van der Waals surface area contributed by atoms with E-state index in [2.05, 4.69) is 0 Å². The largest absolute Gasteiger partial charge is 0.486 e. The van der Waals surface area contributed by atoms with Crippen LogP contribution in [0.4, 0.5) is 8.78 Å². The van der Waals surface area contributed by atoms with Gasteiger partial charge in [-0.3, -0.25) is 0 Å². The van der Waals surface area contributed by atoms with Gasteiger partial charge in [0.05, 0.1) is 0 Å². The summed E-state index contributed by atoms with van der Waals surface area (Å²) in [5.74, 6) is -0.701. The lowest BCUT2D eigenvalue weighted by Crippen LogP contribution is -2.14. The van der Waals surface area contributed by atoms with Crippen molar-refractivity contribution in [2.24, 2.45) is 5.73 Å². The van der Waals surface area contributed by atoms with E-state index in [-0.39, 0.29) is 17.3 Å². The molecule has 0 fully saturated rings. The number of hydrogen-bond acceptors (Lipinski definition) is 2. The summed E-state index contributed by atoms with van der Waals surface area (Å²) in [5, 5.41) is 0. The lowest BCUT2D eigenvalue weighted by molar-refractivity contribution is 0.289. The smallest absolute Gasteiger partial charge is 0.167 e. The number of ether oxygens (including phenoxy) is 1. The van der Waals surface area contributed by atoms with Crippen molar-refractivity contribution in [1.29, 1.82) is 0 Å². The Balaban J connectivity index is 2.23. The van der Waals surface area contributed by atoms with Crippen LogP contribution >= 0.6 is 12.2 Å². The van der Waals surface area contributed by atoms with Gasteiger partial charge in [-0.15, -0.1) is 0 Å². The van der Waals surface area contributed by atoms with Gasteiger partial charge in [0.15, 0.2) is 11.6 Å². The monoisotopic (exact) mass is 293 g/mol. The van der Waals surface area contributed by atoms with E-state index < -0.39 is 11.6 Å². The maximum Gasteiger partial charge on any atom is 0.167 e. The first kappa shape index (κ1) is 14.4. The maximum absolute atomic E-state index is 13.8. The molecule has 0 aliphatic rings. The third-order valence-corrected chi connectivity index (χ3v) is 3.10. The van der Waals surface area contributed by atoms with E-state index in [4.69, 9.17) is 22.7 Å². The Morgan fingerprint density at radius 3 is 2.70 bits per heavy atom. The molecular weight excluding hydrogens is 280 g/mol. The van der Waals surface area contributed by atoms with E-state index >= 15 is 0 Å². The zero-order valence-corrected chi connectivity index (χ0v) is 11.6. The zero-order valence-electron chi connectivity index (χ0n) is 10.8. The molecule has 20 heavy (non-hydrogen) atoms. The van der Waals surface area contributed by atoms with Crippen molar-refractivity contribution >= 4 is 17.2 Å². The van der Waals surface area contributed by atoms with Crippen molar-refractivity contribution in [1.82, 2.24) is 0 Å². The van der Waals surface area contributed by atoms with Gasteiger partial charge in [-0.05, 0) is 36.2 Å². The van der Waals surface area contributed by atoms with Crippen LogP contribution in [0.1, 0.15) is 16.7 Å². The second-order valence-electron chi connectivity index (χ2n) is 4.34. The second-order valence-corrected chi connectivity index (χ2v) is 4.78. The first-order valence-corrected chi connectivity index (χ1v) is 6.36. The van der Waals surface area contributed by atoms with Crippen LogP contribution in [0.25, 0.3) is 0 Å². The fourth-order valence-electron chi connectivity index (χ4n) is 1.79. The van der Waals surface area contributed by atoms with Crippen LogP contribution in [0.2, 0.25) is 0 Å². The Kier molecular flexibility index (Phi) is 4.29. The van der Waals surface area contributed by atoms with E-state index in [1.54, 1.807) is 19.1 Å². The molecule has 0 aliphatic carbocycles. The van der Waals surface area contributed by atoms with Crippen molar-refractivity contribution in [2.45, 2.75) is 13.5 Å². The summed E-state index contributed by atoms with van der Waals surface area (Å²) in [6.07, 6.45) is 0. The second kappa shape index (κ2) is 5.96. The van der Waals surface area contributed by atoms with Crippen molar-refractivity contribution in [3.63, 3.8) is 0 Å². The molecule has 2 aromatic rings. The fourth-order valence-corrected chi connectivity index (χ4v) is 1.98. The third-order valence-electron chi connectivity index (χ3n) is 2.88. The van der Waals surface area contributed by atoms with Crippen molar-refractivity contribution in [3.8, 4) is 5.75 Å². The molecule has 5 heteroatoms. The standard InChI is InChI=1S/C15H13F2NOS/c1-9-3-2-4-13(14(9)17)19-8-10-5-6-11(16)7-12(10)15(18)20/h2-7H,8H2,1H3,(H2,18,20). The minimum absolute atomic E-state index is 0.0628. The highest BCUT2D eigenvalue weighted by Gasteiger charge is 2.10. The summed E-state index contributed by atoms with van der Waals surface area (Å²) >= 11 is 4.87. The first-order chi connectivity index (χ1) is 9.49. The Bertz CT molecular complexity index is 658.